The van der Waals surface area contributed by atoms with Crippen LogP contribution in [0.1, 0.15) is 17.5 Å². The number of para-hydroxylation sites is 2. The van der Waals surface area contributed by atoms with Gasteiger partial charge in [-0.15, -0.1) is 0 Å². The molecule has 0 spiro atoms. The maximum absolute atomic E-state index is 13.6. The molecule has 3 amide bonds. The quantitative estimate of drug-likeness (QED) is 0.639. The standard InChI is InChI=1S/C18H14ClFN4O3/c19-10-7-9(5-6-11(10)20)15(24-16(25)13-8-21-18(26)23-13)17-22-12-3-1-2-4-14(12)27-17/h1-7,13,15H,8H2,(H,24,25)(H2,21,23,26)/t13-,15+/m0/s1. The van der Waals surface area contributed by atoms with Crippen LogP contribution in [0.2, 0.25) is 5.02 Å². The number of aromatic nitrogens is 1. The highest BCUT2D eigenvalue weighted by molar-refractivity contribution is 6.30. The van der Waals surface area contributed by atoms with E-state index in [-0.39, 0.29) is 17.5 Å². The molecule has 1 saturated heterocycles. The minimum Gasteiger partial charge on any atom is -0.438 e. The molecule has 0 unspecified atom stereocenters. The molecule has 1 aromatic heterocycles. The van der Waals surface area contributed by atoms with Crippen molar-refractivity contribution in [3.05, 3.63) is 64.8 Å². The number of carbonyl (C=O) groups is 2. The van der Waals surface area contributed by atoms with E-state index in [0.29, 0.717) is 16.7 Å². The molecular weight excluding hydrogens is 375 g/mol. The highest BCUT2D eigenvalue weighted by Crippen LogP contribution is 2.28. The number of carbonyl (C=O) groups excluding carboxylic acids is 2. The summed E-state index contributed by atoms with van der Waals surface area (Å²) in [4.78, 5) is 28.3. The predicted octanol–water partition coefficient (Wildman–Crippen LogP) is 2.51. The van der Waals surface area contributed by atoms with E-state index in [2.05, 4.69) is 20.9 Å². The fraction of sp³-hybridized carbons (Fsp3) is 0.167. The number of urea groups is 1. The summed E-state index contributed by atoms with van der Waals surface area (Å²) in [6.07, 6.45) is 0. The zero-order valence-corrected chi connectivity index (χ0v) is 14.6. The highest BCUT2D eigenvalue weighted by Gasteiger charge is 2.31. The molecule has 2 aromatic carbocycles. The smallest absolute Gasteiger partial charge is 0.315 e. The van der Waals surface area contributed by atoms with Gasteiger partial charge in [-0.3, -0.25) is 4.79 Å². The van der Waals surface area contributed by atoms with Crippen molar-refractivity contribution in [1.29, 1.82) is 0 Å². The van der Waals surface area contributed by atoms with Gasteiger partial charge in [0.25, 0.3) is 0 Å². The lowest BCUT2D eigenvalue weighted by Gasteiger charge is -2.18. The van der Waals surface area contributed by atoms with Crippen LogP contribution in [0.4, 0.5) is 9.18 Å². The monoisotopic (exact) mass is 388 g/mol. The Morgan fingerprint density at radius 2 is 2.15 bits per heavy atom. The van der Waals surface area contributed by atoms with E-state index in [1.165, 1.54) is 18.2 Å². The Morgan fingerprint density at radius 1 is 1.33 bits per heavy atom. The number of oxazole rings is 1. The normalized spacial score (nSPS) is 17.4. The number of benzene rings is 2. The maximum Gasteiger partial charge on any atom is 0.315 e. The van der Waals surface area contributed by atoms with Crippen LogP contribution in [0.25, 0.3) is 11.1 Å². The van der Waals surface area contributed by atoms with Gasteiger partial charge in [-0.1, -0.05) is 29.8 Å². The van der Waals surface area contributed by atoms with Gasteiger partial charge in [-0.25, -0.2) is 14.2 Å². The number of hydrogen-bond donors (Lipinski definition) is 3. The first-order chi connectivity index (χ1) is 13.0. The van der Waals surface area contributed by atoms with Crippen LogP contribution < -0.4 is 16.0 Å². The Bertz CT molecular complexity index is 1010. The SMILES string of the molecule is O=C1NC[C@@H](C(=O)N[C@H](c2ccc(F)c(Cl)c2)c2nc3ccccc3o2)N1. The second kappa shape index (κ2) is 6.88. The third kappa shape index (κ3) is 3.43. The number of fused-ring (bicyclic) bond motifs is 1. The average molecular weight is 389 g/mol. The molecule has 2 atom stereocenters. The molecule has 2 heterocycles. The molecule has 4 rings (SSSR count). The van der Waals surface area contributed by atoms with Gasteiger partial charge in [0.2, 0.25) is 11.8 Å². The first kappa shape index (κ1) is 17.3. The molecule has 0 radical (unpaired) electrons. The van der Waals surface area contributed by atoms with Gasteiger partial charge in [0.05, 0.1) is 5.02 Å². The van der Waals surface area contributed by atoms with Crippen molar-refractivity contribution in [1.82, 2.24) is 20.9 Å². The van der Waals surface area contributed by atoms with Crippen molar-refractivity contribution in [2.24, 2.45) is 0 Å². The number of rotatable bonds is 4. The Morgan fingerprint density at radius 3 is 2.85 bits per heavy atom. The lowest BCUT2D eigenvalue weighted by Crippen LogP contribution is -2.44. The van der Waals surface area contributed by atoms with Gasteiger partial charge < -0.3 is 20.4 Å². The molecular formula is C18H14ClFN4O3. The number of halogens is 2. The van der Waals surface area contributed by atoms with Crippen LogP contribution in [-0.4, -0.2) is 29.5 Å². The zero-order valence-electron chi connectivity index (χ0n) is 13.8. The molecule has 1 fully saturated rings. The summed E-state index contributed by atoms with van der Waals surface area (Å²) in [5.41, 5.74) is 1.67. The van der Waals surface area contributed by atoms with Gasteiger partial charge in [0.15, 0.2) is 5.58 Å². The Kier molecular flexibility index (Phi) is 4.41. The second-order valence-corrected chi connectivity index (χ2v) is 6.45. The summed E-state index contributed by atoms with van der Waals surface area (Å²) >= 11 is 5.90. The van der Waals surface area contributed by atoms with E-state index < -0.39 is 29.8 Å². The third-order valence-electron chi connectivity index (χ3n) is 4.21. The minimum absolute atomic E-state index is 0.0845. The summed E-state index contributed by atoms with van der Waals surface area (Å²) in [6.45, 7) is 0.162. The summed E-state index contributed by atoms with van der Waals surface area (Å²) in [5.74, 6) is -0.777. The number of hydrogen-bond acceptors (Lipinski definition) is 4. The van der Waals surface area contributed by atoms with Gasteiger partial charge in [0.1, 0.15) is 23.4 Å². The Balaban J connectivity index is 1.71. The fourth-order valence-electron chi connectivity index (χ4n) is 2.85. The summed E-state index contributed by atoms with van der Waals surface area (Å²) in [5, 5.41) is 7.73. The minimum atomic E-state index is -0.805. The first-order valence-corrected chi connectivity index (χ1v) is 8.54. The van der Waals surface area contributed by atoms with E-state index in [0.717, 1.165) is 0 Å². The lowest BCUT2D eigenvalue weighted by molar-refractivity contribution is -0.123. The van der Waals surface area contributed by atoms with Gasteiger partial charge in [-0.2, -0.15) is 0 Å². The van der Waals surface area contributed by atoms with Crippen molar-refractivity contribution in [3.8, 4) is 0 Å². The molecule has 27 heavy (non-hydrogen) atoms. The largest absolute Gasteiger partial charge is 0.438 e. The molecule has 3 N–H and O–H groups in total. The van der Waals surface area contributed by atoms with E-state index in [4.69, 9.17) is 16.0 Å². The van der Waals surface area contributed by atoms with Crippen LogP contribution in [0, 0.1) is 5.82 Å². The van der Waals surface area contributed by atoms with Crippen LogP contribution in [0.3, 0.4) is 0 Å². The second-order valence-electron chi connectivity index (χ2n) is 6.04. The van der Waals surface area contributed by atoms with Crippen molar-refractivity contribution in [2.45, 2.75) is 12.1 Å². The Hall–Kier alpha value is -3.13. The summed E-state index contributed by atoms with van der Waals surface area (Å²) in [7, 11) is 0. The van der Waals surface area contributed by atoms with Gasteiger partial charge >= 0.3 is 6.03 Å². The van der Waals surface area contributed by atoms with Crippen molar-refractivity contribution >= 4 is 34.6 Å². The fourth-order valence-corrected chi connectivity index (χ4v) is 3.04. The van der Waals surface area contributed by atoms with Crippen molar-refractivity contribution in [2.75, 3.05) is 6.54 Å². The van der Waals surface area contributed by atoms with Gasteiger partial charge in [0, 0.05) is 6.54 Å². The molecule has 1 aliphatic heterocycles. The van der Waals surface area contributed by atoms with Crippen molar-refractivity contribution < 1.29 is 18.4 Å². The Labute approximate surface area is 157 Å². The van der Waals surface area contributed by atoms with Crippen LogP contribution in [0.5, 0.6) is 0 Å². The van der Waals surface area contributed by atoms with Gasteiger partial charge in [-0.05, 0) is 29.8 Å². The molecule has 0 bridgehead atoms. The van der Waals surface area contributed by atoms with Crippen LogP contribution in [-0.2, 0) is 4.79 Å². The number of nitrogens with one attached hydrogen (secondary N) is 3. The number of amides is 3. The first-order valence-electron chi connectivity index (χ1n) is 8.16. The van der Waals surface area contributed by atoms with Crippen LogP contribution >= 0.6 is 11.6 Å². The molecule has 0 aliphatic carbocycles. The predicted molar refractivity (Wildman–Crippen MR) is 95.7 cm³/mol. The highest BCUT2D eigenvalue weighted by atomic mass is 35.5. The molecule has 3 aromatic rings. The van der Waals surface area contributed by atoms with Crippen molar-refractivity contribution in [3.63, 3.8) is 0 Å². The molecule has 9 heteroatoms. The molecule has 7 nitrogen and oxygen atoms in total. The lowest BCUT2D eigenvalue weighted by atomic mass is 10.1. The number of nitrogens with zero attached hydrogens (tertiary/aromatic N) is 1. The zero-order chi connectivity index (χ0) is 19.0. The van der Waals surface area contributed by atoms with Crippen LogP contribution in [0.15, 0.2) is 46.9 Å². The van der Waals surface area contributed by atoms with E-state index in [9.17, 15) is 14.0 Å². The third-order valence-corrected chi connectivity index (χ3v) is 4.50. The maximum atomic E-state index is 13.6. The molecule has 1 aliphatic rings. The van der Waals surface area contributed by atoms with E-state index >= 15 is 0 Å². The summed E-state index contributed by atoms with van der Waals surface area (Å²) < 4.78 is 19.3. The molecule has 0 saturated carbocycles. The molecule has 138 valence electrons. The summed E-state index contributed by atoms with van der Waals surface area (Å²) in [6, 6.07) is 9.30. The van der Waals surface area contributed by atoms with E-state index in [1.807, 2.05) is 6.07 Å². The van der Waals surface area contributed by atoms with E-state index in [1.54, 1.807) is 18.2 Å². The average Bonchev–Trinajstić information content (AvgIpc) is 3.28. The topological polar surface area (TPSA) is 96.3 Å².